The number of nitrogens with zero attached hydrogens (tertiary/aromatic N) is 1. The van der Waals surface area contributed by atoms with Crippen LogP contribution in [0.2, 0.25) is 0 Å². The highest BCUT2D eigenvalue weighted by atomic mass is 19.1. The molecule has 1 aliphatic rings. The SMILES string of the molecule is O=C1C(=O)N(CCc2ccccc2)C(c2ccc(OCc3ccccc3)cc2)C1=C(O)c1ccc(F)cc1. The van der Waals surface area contributed by atoms with E-state index >= 15 is 0 Å². The molecule has 5 rings (SSSR count). The van der Waals surface area contributed by atoms with E-state index in [1.165, 1.54) is 29.2 Å². The zero-order chi connectivity index (χ0) is 26.5. The zero-order valence-electron chi connectivity index (χ0n) is 20.6. The molecule has 0 radical (unpaired) electrons. The molecule has 0 bridgehead atoms. The number of aliphatic hydroxyl groups excluding tert-OH is 1. The van der Waals surface area contributed by atoms with E-state index in [1.807, 2.05) is 60.7 Å². The lowest BCUT2D eigenvalue weighted by atomic mass is 9.95. The summed E-state index contributed by atoms with van der Waals surface area (Å²) < 4.78 is 19.4. The number of ketones is 1. The standard InChI is InChI=1S/C32H26FNO4/c33-26-15-11-25(12-16-26)30(35)28-29(34(32(37)31(28)36)20-19-22-7-3-1-4-8-22)24-13-17-27(18-14-24)38-21-23-9-5-2-6-10-23/h1-18,29,35H,19-21H2. The number of likely N-dealkylation sites (tertiary alicyclic amines) is 1. The van der Waals surface area contributed by atoms with Gasteiger partial charge in [0.2, 0.25) is 0 Å². The Morgan fingerprint density at radius 1 is 0.789 bits per heavy atom. The van der Waals surface area contributed by atoms with E-state index in [-0.39, 0.29) is 23.4 Å². The van der Waals surface area contributed by atoms with E-state index in [0.717, 1.165) is 11.1 Å². The Bertz CT molecular complexity index is 1450. The molecule has 0 spiro atoms. The van der Waals surface area contributed by atoms with E-state index in [0.29, 0.717) is 24.3 Å². The van der Waals surface area contributed by atoms with Crippen LogP contribution in [-0.4, -0.2) is 28.2 Å². The lowest BCUT2D eigenvalue weighted by Crippen LogP contribution is -2.31. The van der Waals surface area contributed by atoms with Crippen molar-refractivity contribution in [1.82, 2.24) is 4.90 Å². The first-order valence-corrected chi connectivity index (χ1v) is 12.4. The molecule has 4 aromatic rings. The van der Waals surface area contributed by atoms with Gasteiger partial charge < -0.3 is 14.7 Å². The molecule has 4 aromatic carbocycles. The molecule has 1 saturated heterocycles. The van der Waals surface area contributed by atoms with Gasteiger partial charge in [-0.1, -0.05) is 72.8 Å². The van der Waals surface area contributed by atoms with Gasteiger partial charge in [0.05, 0.1) is 11.6 Å². The summed E-state index contributed by atoms with van der Waals surface area (Å²) >= 11 is 0. The highest BCUT2D eigenvalue weighted by Crippen LogP contribution is 2.40. The maximum Gasteiger partial charge on any atom is 0.295 e. The van der Waals surface area contributed by atoms with Crippen LogP contribution in [0.25, 0.3) is 5.76 Å². The van der Waals surface area contributed by atoms with Crippen LogP contribution in [0.1, 0.15) is 28.3 Å². The molecule has 190 valence electrons. The summed E-state index contributed by atoms with van der Waals surface area (Å²) in [6, 6.07) is 31.0. The fraction of sp³-hybridized carbons (Fsp3) is 0.125. The monoisotopic (exact) mass is 507 g/mol. The number of amides is 1. The maximum absolute atomic E-state index is 13.5. The third kappa shape index (κ3) is 5.34. The van der Waals surface area contributed by atoms with Crippen molar-refractivity contribution in [3.8, 4) is 5.75 Å². The molecule has 5 nitrogen and oxygen atoms in total. The molecule has 38 heavy (non-hydrogen) atoms. The summed E-state index contributed by atoms with van der Waals surface area (Å²) in [5.74, 6) is -1.61. The van der Waals surface area contributed by atoms with E-state index in [1.54, 1.807) is 24.3 Å². The Hall–Kier alpha value is -4.71. The summed E-state index contributed by atoms with van der Waals surface area (Å²) in [4.78, 5) is 27.9. The van der Waals surface area contributed by atoms with Crippen LogP contribution in [0.5, 0.6) is 5.75 Å². The molecule has 6 heteroatoms. The first-order valence-electron chi connectivity index (χ1n) is 12.4. The Balaban J connectivity index is 1.47. The highest BCUT2D eigenvalue weighted by molar-refractivity contribution is 6.46. The molecular weight excluding hydrogens is 481 g/mol. The van der Waals surface area contributed by atoms with E-state index in [2.05, 4.69) is 0 Å². The van der Waals surface area contributed by atoms with Crippen LogP contribution < -0.4 is 4.74 Å². The number of carbonyl (C=O) groups excluding carboxylic acids is 2. The normalized spacial score (nSPS) is 16.6. The van der Waals surface area contributed by atoms with Crippen LogP contribution in [0.3, 0.4) is 0 Å². The second-order valence-corrected chi connectivity index (χ2v) is 9.08. The summed E-state index contributed by atoms with van der Waals surface area (Å²) in [7, 11) is 0. The molecule has 0 saturated carbocycles. The van der Waals surface area contributed by atoms with Gasteiger partial charge in [-0.3, -0.25) is 9.59 Å². The minimum atomic E-state index is -0.799. The van der Waals surface area contributed by atoms with Gasteiger partial charge in [0.1, 0.15) is 23.9 Å². The van der Waals surface area contributed by atoms with Crippen molar-refractivity contribution in [2.24, 2.45) is 0 Å². The third-order valence-corrected chi connectivity index (χ3v) is 6.59. The van der Waals surface area contributed by atoms with Gasteiger partial charge in [0.25, 0.3) is 11.7 Å². The van der Waals surface area contributed by atoms with Crippen LogP contribution in [-0.2, 0) is 22.6 Å². The number of halogens is 1. The van der Waals surface area contributed by atoms with Crippen molar-refractivity contribution in [3.05, 3.63) is 143 Å². The first-order chi connectivity index (χ1) is 18.5. The largest absolute Gasteiger partial charge is 0.507 e. The minimum absolute atomic E-state index is 0.0207. The Kier molecular flexibility index (Phi) is 7.31. The van der Waals surface area contributed by atoms with Crippen molar-refractivity contribution in [3.63, 3.8) is 0 Å². The molecule has 0 aromatic heterocycles. The Morgan fingerprint density at radius 3 is 2.03 bits per heavy atom. The summed E-state index contributed by atoms with van der Waals surface area (Å²) in [6.07, 6.45) is 0.541. The highest BCUT2D eigenvalue weighted by Gasteiger charge is 2.45. The minimum Gasteiger partial charge on any atom is -0.507 e. The molecule has 1 unspecified atom stereocenters. The number of Topliss-reactive ketones (excluding diaryl/α,β-unsaturated/α-hetero) is 1. The number of aliphatic hydroxyl groups is 1. The first kappa shape index (κ1) is 25.0. The number of carbonyl (C=O) groups is 2. The second kappa shape index (κ2) is 11.1. The average molecular weight is 508 g/mol. The second-order valence-electron chi connectivity index (χ2n) is 9.08. The smallest absolute Gasteiger partial charge is 0.295 e. The van der Waals surface area contributed by atoms with Gasteiger partial charge in [0, 0.05) is 12.1 Å². The van der Waals surface area contributed by atoms with Crippen molar-refractivity contribution in [2.45, 2.75) is 19.1 Å². The van der Waals surface area contributed by atoms with Crippen molar-refractivity contribution >= 4 is 17.4 Å². The molecular formula is C32H26FNO4. The topological polar surface area (TPSA) is 66.8 Å². The van der Waals surface area contributed by atoms with Gasteiger partial charge >= 0.3 is 0 Å². The predicted molar refractivity (Wildman–Crippen MR) is 143 cm³/mol. The van der Waals surface area contributed by atoms with Crippen molar-refractivity contribution in [1.29, 1.82) is 0 Å². The zero-order valence-corrected chi connectivity index (χ0v) is 20.6. The fourth-order valence-electron chi connectivity index (χ4n) is 4.60. The number of hydrogen-bond acceptors (Lipinski definition) is 4. The van der Waals surface area contributed by atoms with Crippen LogP contribution >= 0.6 is 0 Å². The molecule has 1 fully saturated rings. The maximum atomic E-state index is 13.5. The summed E-state index contributed by atoms with van der Waals surface area (Å²) in [5, 5.41) is 11.1. The number of rotatable bonds is 8. The van der Waals surface area contributed by atoms with Gasteiger partial charge in [-0.2, -0.15) is 0 Å². The molecule has 1 heterocycles. The Morgan fingerprint density at radius 2 is 1.39 bits per heavy atom. The lowest BCUT2D eigenvalue weighted by molar-refractivity contribution is -0.139. The quantitative estimate of drug-likeness (QED) is 0.179. The summed E-state index contributed by atoms with van der Waals surface area (Å²) in [6.45, 7) is 0.687. The van der Waals surface area contributed by atoms with E-state index < -0.39 is 23.5 Å². The Labute approximate surface area is 220 Å². The lowest BCUT2D eigenvalue weighted by Gasteiger charge is -2.25. The van der Waals surface area contributed by atoms with Crippen molar-refractivity contribution < 1.29 is 23.8 Å². The van der Waals surface area contributed by atoms with Gasteiger partial charge in [-0.15, -0.1) is 0 Å². The number of benzene rings is 4. The fourth-order valence-corrected chi connectivity index (χ4v) is 4.60. The average Bonchev–Trinajstić information content (AvgIpc) is 3.21. The summed E-state index contributed by atoms with van der Waals surface area (Å²) in [5.41, 5.74) is 2.96. The molecule has 0 aliphatic carbocycles. The van der Waals surface area contributed by atoms with Gasteiger partial charge in [-0.05, 0) is 59.5 Å². The predicted octanol–water partition coefficient (Wildman–Crippen LogP) is 6.07. The number of hydrogen-bond donors (Lipinski definition) is 1. The molecule has 1 atom stereocenters. The molecule has 1 N–H and O–H groups in total. The molecule has 1 amide bonds. The van der Waals surface area contributed by atoms with Crippen molar-refractivity contribution in [2.75, 3.05) is 6.54 Å². The molecule has 1 aliphatic heterocycles. The van der Waals surface area contributed by atoms with Crippen LogP contribution in [0.15, 0.2) is 115 Å². The van der Waals surface area contributed by atoms with Crippen LogP contribution in [0, 0.1) is 5.82 Å². The van der Waals surface area contributed by atoms with Gasteiger partial charge in [0.15, 0.2) is 0 Å². The van der Waals surface area contributed by atoms with E-state index in [9.17, 15) is 19.1 Å². The van der Waals surface area contributed by atoms with Gasteiger partial charge in [-0.25, -0.2) is 4.39 Å². The van der Waals surface area contributed by atoms with E-state index in [4.69, 9.17) is 4.74 Å². The van der Waals surface area contributed by atoms with Crippen LogP contribution in [0.4, 0.5) is 4.39 Å². The number of ether oxygens (including phenoxy) is 1. The third-order valence-electron chi connectivity index (χ3n) is 6.59.